The normalized spacial score (nSPS) is 10.4. The van der Waals surface area contributed by atoms with E-state index in [2.05, 4.69) is 28.2 Å². The van der Waals surface area contributed by atoms with Crippen LogP contribution in [0.5, 0.6) is 11.5 Å². The molecule has 0 radical (unpaired) electrons. The SMILES string of the molecule is CCc1ccc(OCC(=O)NCCOc2cc(C)ccc2C)c(Br)c1. The van der Waals surface area contributed by atoms with E-state index in [4.69, 9.17) is 9.47 Å². The van der Waals surface area contributed by atoms with Crippen molar-refractivity contribution in [1.82, 2.24) is 5.32 Å². The van der Waals surface area contributed by atoms with E-state index in [1.807, 2.05) is 50.2 Å². The number of hydrogen-bond acceptors (Lipinski definition) is 3. The molecule has 134 valence electrons. The summed E-state index contributed by atoms with van der Waals surface area (Å²) in [5, 5.41) is 2.80. The van der Waals surface area contributed by atoms with E-state index in [0.29, 0.717) is 18.9 Å². The van der Waals surface area contributed by atoms with Gasteiger partial charge in [-0.1, -0.05) is 25.1 Å². The van der Waals surface area contributed by atoms with E-state index < -0.39 is 0 Å². The first-order valence-corrected chi connectivity index (χ1v) is 9.17. The Hall–Kier alpha value is -2.01. The van der Waals surface area contributed by atoms with E-state index in [1.165, 1.54) is 5.56 Å². The summed E-state index contributed by atoms with van der Waals surface area (Å²) in [5.74, 6) is 1.35. The lowest BCUT2D eigenvalue weighted by atomic mass is 10.1. The molecule has 0 saturated heterocycles. The van der Waals surface area contributed by atoms with Crippen LogP contribution in [-0.2, 0) is 11.2 Å². The molecule has 2 rings (SSSR count). The number of carbonyl (C=O) groups is 1. The molecule has 0 bridgehead atoms. The van der Waals surface area contributed by atoms with E-state index in [1.54, 1.807) is 0 Å². The number of benzene rings is 2. The summed E-state index contributed by atoms with van der Waals surface area (Å²) in [4.78, 5) is 11.9. The van der Waals surface area contributed by atoms with Crippen molar-refractivity contribution in [2.75, 3.05) is 19.8 Å². The van der Waals surface area contributed by atoms with Crippen LogP contribution in [0.1, 0.15) is 23.6 Å². The molecule has 25 heavy (non-hydrogen) atoms. The zero-order valence-corrected chi connectivity index (χ0v) is 16.5. The van der Waals surface area contributed by atoms with Crippen molar-refractivity contribution in [1.29, 1.82) is 0 Å². The van der Waals surface area contributed by atoms with Crippen molar-refractivity contribution in [2.45, 2.75) is 27.2 Å². The van der Waals surface area contributed by atoms with Gasteiger partial charge in [0.1, 0.15) is 18.1 Å². The minimum Gasteiger partial charge on any atom is -0.491 e. The van der Waals surface area contributed by atoms with Crippen LogP contribution in [-0.4, -0.2) is 25.7 Å². The number of hydrogen-bond donors (Lipinski definition) is 1. The van der Waals surface area contributed by atoms with Crippen molar-refractivity contribution < 1.29 is 14.3 Å². The molecule has 0 fully saturated rings. The second-order valence-corrected chi connectivity index (χ2v) is 6.73. The van der Waals surface area contributed by atoms with Gasteiger partial charge in [0.05, 0.1) is 11.0 Å². The predicted molar refractivity (Wildman–Crippen MR) is 103 cm³/mol. The standard InChI is InChI=1S/C20H24BrNO3/c1-4-16-7-8-18(17(21)12-16)25-13-20(23)22-9-10-24-19-11-14(2)5-6-15(19)3/h5-8,11-12H,4,9-10,13H2,1-3H3,(H,22,23). The molecule has 2 aromatic carbocycles. The molecule has 1 N–H and O–H groups in total. The van der Waals surface area contributed by atoms with Gasteiger partial charge in [0.25, 0.3) is 5.91 Å². The summed E-state index contributed by atoms with van der Waals surface area (Å²) in [5.41, 5.74) is 3.45. The lowest BCUT2D eigenvalue weighted by molar-refractivity contribution is -0.123. The third kappa shape index (κ3) is 6.09. The van der Waals surface area contributed by atoms with Crippen molar-refractivity contribution in [3.8, 4) is 11.5 Å². The molecule has 0 saturated carbocycles. The van der Waals surface area contributed by atoms with Crippen molar-refractivity contribution in [2.24, 2.45) is 0 Å². The van der Waals surface area contributed by atoms with Gasteiger partial charge >= 0.3 is 0 Å². The van der Waals surface area contributed by atoms with E-state index in [9.17, 15) is 4.79 Å². The smallest absolute Gasteiger partial charge is 0.258 e. The van der Waals surface area contributed by atoms with Crippen LogP contribution in [0, 0.1) is 13.8 Å². The van der Waals surface area contributed by atoms with Gasteiger partial charge in [-0.2, -0.15) is 0 Å². The van der Waals surface area contributed by atoms with Gasteiger partial charge in [0.15, 0.2) is 6.61 Å². The van der Waals surface area contributed by atoms with E-state index in [-0.39, 0.29) is 12.5 Å². The summed E-state index contributed by atoms with van der Waals surface area (Å²) in [6, 6.07) is 11.9. The first-order valence-electron chi connectivity index (χ1n) is 8.37. The van der Waals surface area contributed by atoms with Crippen LogP contribution >= 0.6 is 15.9 Å². The Morgan fingerprint density at radius 3 is 2.60 bits per heavy atom. The average Bonchev–Trinajstić information content (AvgIpc) is 2.60. The zero-order valence-electron chi connectivity index (χ0n) is 14.9. The van der Waals surface area contributed by atoms with Gasteiger partial charge in [0.2, 0.25) is 0 Å². The summed E-state index contributed by atoms with van der Waals surface area (Å²) in [6.45, 7) is 6.96. The number of ether oxygens (including phenoxy) is 2. The fourth-order valence-corrected chi connectivity index (χ4v) is 2.83. The van der Waals surface area contributed by atoms with E-state index in [0.717, 1.165) is 27.8 Å². The Balaban J connectivity index is 1.71. The van der Waals surface area contributed by atoms with Gasteiger partial charge in [-0.05, 0) is 71.1 Å². The maximum atomic E-state index is 11.9. The molecule has 0 aliphatic heterocycles. The highest BCUT2D eigenvalue weighted by atomic mass is 79.9. The summed E-state index contributed by atoms with van der Waals surface area (Å²) in [7, 11) is 0. The minimum atomic E-state index is -0.170. The van der Waals surface area contributed by atoms with Gasteiger partial charge in [-0.3, -0.25) is 4.79 Å². The quantitative estimate of drug-likeness (QED) is 0.669. The van der Waals surface area contributed by atoms with Crippen LogP contribution < -0.4 is 14.8 Å². The maximum Gasteiger partial charge on any atom is 0.258 e. The van der Waals surface area contributed by atoms with Crippen LogP contribution in [0.3, 0.4) is 0 Å². The second kappa shape index (κ2) is 9.47. The minimum absolute atomic E-state index is 0.0203. The maximum absolute atomic E-state index is 11.9. The second-order valence-electron chi connectivity index (χ2n) is 5.87. The monoisotopic (exact) mass is 405 g/mol. The molecular weight excluding hydrogens is 382 g/mol. The molecule has 5 heteroatoms. The number of aryl methyl sites for hydroxylation is 3. The molecule has 1 amide bonds. The largest absolute Gasteiger partial charge is 0.491 e. The number of nitrogens with one attached hydrogen (secondary N) is 1. The Bertz CT molecular complexity index is 731. The Morgan fingerprint density at radius 2 is 1.88 bits per heavy atom. The first kappa shape index (κ1) is 19.3. The predicted octanol–water partition coefficient (Wildman–Crippen LogP) is 4.20. The summed E-state index contributed by atoms with van der Waals surface area (Å²) in [6.07, 6.45) is 0.958. The topological polar surface area (TPSA) is 47.6 Å². The van der Waals surface area contributed by atoms with Crippen molar-refractivity contribution in [3.63, 3.8) is 0 Å². The molecule has 0 spiro atoms. The highest BCUT2D eigenvalue weighted by molar-refractivity contribution is 9.10. The third-order valence-corrected chi connectivity index (χ3v) is 4.41. The van der Waals surface area contributed by atoms with Crippen LogP contribution in [0.4, 0.5) is 0 Å². The molecular formula is C20H24BrNO3. The third-order valence-electron chi connectivity index (χ3n) is 3.79. The van der Waals surface area contributed by atoms with Crippen molar-refractivity contribution >= 4 is 21.8 Å². The lowest BCUT2D eigenvalue weighted by Crippen LogP contribution is -2.32. The number of halogens is 1. The lowest BCUT2D eigenvalue weighted by Gasteiger charge is -2.12. The van der Waals surface area contributed by atoms with Gasteiger partial charge < -0.3 is 14.8 Å². The van der Waals surface area contributed by atoms with E-state index >= 15 is 0 Å². The fourth-order valence-electron chi connectivity index (χ4n) is 2.29. The molecule has 2 aromatic rings. The van der Waals surface area contributed by atoms with Gasteiger partial charge in [0, 0.05) is 0 Å². The highest BCUT2D eigenvalue weighted by Crippen LogP contribution is 2.26. The number of carbonyl (C=O) groups excluding carboxylic acids is 1. The summed E-state index contributed by atoms with van der Waals surface area (Å²) >= 11 is 3.46. The molecule has 0 aliphatic rings. The Morgan fingerprint density at radius 1 is 1.08 bits per heavy atom. The molecule has 0 aliphatic carbocycles. The highest BCUT2D eigenvalue weighted by Gasteiger charge is 2.06. The summed E-state index contributed by atoms with van der Waals surface area (Å²) < 4.78 is 12.1. The Labute approximate surface area is 157 Å². The van der Waals surface area contributed by atoms with Gasteiger partial charge in [-0.25, -0.2) is 0 Å². The fraction of sp³-hybridized carbons (Fsp3) is 0.350. The van der Waals surface area contributed by atoms with Gasteiger partial charge in [-0.15, -0.1) is 0 Å². The number of amides is 1. The molecule has 4 nitrogen and oxygen atoms in total. The van der Waals surface area contributed by atoms with Crippen LogP contribution in [0.15, 0.2) is 40.9 Å². The van der Waals surface area contributed by atoms with Crippen LogP contribution in [0.25, 0.3) is 0 Å². The van der Waals surface area contributed by atoms with Crippen LogP contribution in [0.2, 0.25) is 0 Å². The first-order chi connectivity index (χ1) is 12.0. The Kier molecular flexibility index (Phi) is 7.31. The number of rotatable bonds is 8. The molecule has 0 atom stereocenters. The zero-order chi connectivity index (χ0) is 18.2. The average molecular weight is 406 g/mol. The van der Waals surface area contributed by atoms with Crippen molar-refractivity contribution in [3.05, 3.63) is 57.6 Å². The molecule has 0 aromatic heterocycles. The molecule has 0 unspecified atom stereocenters. The molecule has 0 heterocycles.